The van der Waals surface area contributed by atoms with Crippen LogP contribution in [0.25, 0.3) is 0 Å². The maximum Gasteiger partial charge on any atom is 0.398 e. The molecule has 0 bridgehead atoms. The van der Waals surface area contributed by atoms with Crippen LogP contribution in [-0.2, 0) is 19.1 Å². The number of hydrogen-bond acceptors (Lipinski definition) is 6. The second-order valence-corrected chi connectivity index (χ2v) is 3.21. The van der Waals surface area contributed by atoms with E-state index in [9.17, 15) is 14.7 Å². The van der Waals surface area contributed by atoms with Crippen molar-refractivity contribution in [2.75, 3.05) is 6.61 Å². The van der Waals surface area contributed by atoms with E-state index in [0.717, 1.165) is 0 Å². The molecule has 0 rings (SSSR count). The standard InChI is InChI=1S/C10H14O6/c1-6(2)8(12)15-10(14,5-11)16-9(13)7(3)4/h11,14H,1,3,5H2,2,4H3. The number of carbonyl (C=O) groups excluding carboxylic acids is 2. The second kappa shape index (κ2) is 5.43. The molecule has 0 heterocycles. The van der Waals surface area contributed by atoms with Crippen LogP contribution in [-0.4, -0.2) is 34.7 Å². The number of hydrogen-bond donors (Lipinski definition) is 2. The lowest BCUT2D eigenvalue weighted by Crippen LogP contribution is -2.43. The molecule has 2 N–H and O–H groups in total. The van der Waals surface area contributed by atoms with Gasteiger partial charge in [0.15, 0.2) is 0 Å². The Morgan fingerprint density at radius 1 is 1.12 bits per heavy atom. The zero-order valence-corrected chi connectivity index (χ0v) is 9.15. The van der Waals surface area contributed by atoms with Crippen molar-refractivity contribution >= 4 is 11.9 Å². The Morgan fingerprint density at radius 3 is 1.62 bits per heavy atom. The van der Waals surface area contributed by atoms with E-state index in [-0.39, 0.29) is 11.1 Å². The molecule has 0 aliphatic rings. The maximum atomic E-state index is 11.1. The van der Waals surface area contributed by atoms with E-state index in [2.05, 4.69) is 22.6 Å². The smallest absolute Gasteiger partial charge is 0.393 e. The Bertz CT molecular complexity index is 302. The molecule has 90 valence electrons. The lowest BCUT2D eigenvalue weighted by Gasteiger charge is -2.24. The lowest BCUT2D eigenvalue weighted by molar-refractivity contribution is -0.334. The van der Waals surface area contributed by atoms with Crippen molar-refractivity contribution in [3.05, 3.63) is 24.3 Å². The van der Waals surface area contributed by atoms with Crippen LogP contribution in [0.5, 0.6) is 0 Å². The van der Waals surface area contributed by atoms with Crippen molar-refractivity contribution in [2.24, 2.45) is 0 Å². The van der Waals surface area contributed by atoms with Crippen molar-refractivity contribution in [3.8, 4) is 0 Å². The largest absolute Gasteiger partial charge is 0.398 e. The van der Waals surface area contributed by atoms with Gasteiger partial charge in [-0.25, -0.2) is 9.59 Å². The van der Waals surface area contributed by atoms with Gasteiger partial charge in [0.25, 0.3) is 0 Å². The van der Waals surface area contributed by atoms with E-state index in [4.69, 9.17) is 5.11 Å². The molecule has 0 aromatic rings. The minimum Gasteiger partial charge on any atom is -0.393 e. The third-order valence-electron chi connectivity index (χ3n) is 1.40. The molecular formula is C10H14O6. The van der Waals surface area contributed by atoms with Gasteiger partial charge < -0.3 is 19.7 Å². The van der Waals surface area contributed by atoms with E-state index in [1.165, 1.54) is 13.8 Å². The van der Waals surface area contributed by atoms with Gasteiger partial charge in [0.2, 0.25) is 0 Å². The minimum atomic E-state index is -2.72. The van der Waals surface area contributed by atoms with E-state index in [0.29, 0.717) is 0 Å². The van der Waals surface area contributed by atoms with E-state index in [1.807, 2.05) is 0 Å². The summed E-state index contributed by atoms with van der Waals surface area (Å²) in [7, 11) is 0. The number of aliphatic hydroxyl groups excluding tert-OH is 1. The molecule has 0 saturated carbocycles. The number of carbonyl (C=O) groups is 2. The molecule has 16 heavy (non-hydrogen) atoms. The van der Waals surface area contributed by atoms with Gasteiger partial charge in [-0.2, -0.15) is 0 Å². The molecule has 0 radical (unpaired) electrons. The minimum absolute atomic E-state index is 0.0155. The second-order valence-electron chi connectivity index (χ2n) is 3.21. The molecule has 0 fully saturated rings. The maximum absolute atomic E-state index is 11.1. The van der Waals surface area contributed by atoms with Crippen molar-refractivity contribution in [1.29, 1.82) is 0 Å². The van der Waals surface area contributed by atoms with Crippen molar-refractivity contribution in [1.82, 2.24) is 0 Å². The van der Waals surface area contributed by atoms with Gasteiger partial charge in [-0.05, 0) is 13.8 Å². The Balaban J connectivity index is 4.66. The third kappa shape index (κ3) is 4.24. The molecule has 0 amide bonds. The molecule has 0 spiro atoms. The summed E-state index contributed by atoms with van der Waals surface area (Å²) in [5.41, 5.74) is -0.0310. The topological polar surface area (TPSA) is 93.1 Å². The van der Waals surface area contributed by atoms with Crippen molar-refractivity contribution < 1.29 is 29.3 Å². The van der Waals surface area contributed by atoms with Crippen LogP contribution in [0.4, 0.5) is 0 Å². The zero-order valence-electron chi connectivity index (χ0n) is 9.15. The van der Waals surface area contributed by atoms with Gasteiger partial charge in [-0.3, -0.25) is 0 Å². The van der Waals surface area contributed by atoms with Gasteiger partial charge in [-0.15, -0.1) is 0 Å². The van der Waals surface area contributed by atoms with Crippen molar-refractivity contribution in [2.45, 2.75) is 19.8 Å². The first-order valence-electron chi connectivity index (χ1n) is 4.33. The van der Waals surface area contributed by atoms with E-state index in [1.54, 1.807) is 0 Å². The molecule has 0 aliphatic heterocycles. The van der Waals surface area contributed by atoms with E-state index < -0.39 is 24.5 Å². The highest BCUT2D eigenvalue weighted by Gasteiger charge is 2.36. The highest BCUT2D eigenvalue weighted by Crippen LogP contribution is 2.13. The molecule has 6 nitrogen and oxygen atoms in total. The molecule has 0 saturated heterocycles. The first-order chi connectivity index (χ1) is 7.22. The number of esters is 2. The fraction of sp³-hybridized carbons (Fsp3) is 0.400. The average molecular weight is 230 g/mol. The Morgan fingerprint density at radius 2 is 1.44 bits per heavy atom. The van der Waals surface area contributed by atoms with Crippen LogP contribution in [0.1, 0.15) is 13.8 Å². The summed E-state index contributed by atoms with van der Waals surface area (Å²) in [6.45, 7) is 8.10. The van der Waals surface area contributed by atoms with Crippen LogP contribution >= 0.6 is 0 Å². The first-order valence-corrected chi connectivity index (χ1v) is 4.33. The molecular weight excluding hydrogens is 216 g/mol. The number of rotatable bonds is 5. The van der Waals surface area contributed by atoms with Gasteiger partial charge >= 0.3 is 17.9 Å². The molecule has 0 unspecified atom stereocenters. The summed E-state index contributed by atoms with van der Waals surface area (Å²) in [6, 6.07) is 0. The molecule has 0 atom stereocenters. The van der Waals surface area contributed by atoms with Crippen molar-refractivity contribution in [3.63, 3.8) is 0 Å². The van der Waals surface area contributed by atoms with Crippen LogP contribution in [0.15, 0.2) is 24.3 Å². The predicted molar refractivity (Wildman–Crippen MR) is 53.8 cm³/mol. The first kappa shape index (κ1) is 14.3. The zero-order chi connectivity index (χ0) is 12.9. The SMILES string of the molecule is C=C(C)C(=O)OC(O)(CO)OC(=O)C(=C)C. The Kier molecular flexibility index (Phi) is 4.87. The summed E-state index contributed by atoms with van der Waals surface area (Å²) in [5.74, 6) is -4.70. The average Bonchev–Trinajstić information content (AvgIpc) is 2.17. The lowest BCUT2D eigenvalue weighted by atomic mass is 10.3. The summed E-state index contributed by atoms with van der Waals surface area (Å²) >= 11 is 0. The Labute approximate surface area is 92.8 Å². The van der Waals surface area contributed by atoms with Crippen LogP contribution in [0.2, 0.25) is 0 Å². The summed E-state index contributed by atoms with van der Waals surface area (Å²) in [6.07, 6.45) is 0. The summed E-state index contributed by atoms with van der Waals surface area (Å²) < 4.78 is 8.70. The van der Waals surface area contributed by atoms with Crippen LogP contribution < -0.4 is 0 Å². The molecule has 0 aliphatic carbocycles. The molecule has 0 aromatic heterocycles. The van der Waals surface area contributed by atoms with Crippen LogP contribution in [0, 0.1) is 0 Å². The third-order valence-corrected chi connectivity index (χ3v) is 1.40. The van der Waals surface area contributed by atoms with Gasteiger partial charge in [-0.1, -0.05) is 13.2 Å². The predicted octanol–water partition coefficient (Wildman–Crippen LogP) is -0.137. The quantitative estimate of drug-likeness (QED) is 0.388. The van der Waals surface area contributed by atoms with E-state index >= 15 is 0 Å². The van der Waals surface area contributed by atoms with Gasteiger partial charge in [0, 0.05) is 11.1 Å². The van der Waals surface area contributed by atoms with Gasteiger partial charge in [0.1, 0.15) is 6.61 Å². The molecule has 0 aromatic carbocycles. The highest BCUT2D eigenvalue weighted by molar-refractivity contribution is 5.88. The fourth-order valence-electron chi connectivity index (χ4n) is 0.549. The Hall–Kier alpha value is -1.66. The fourth-order valence-corrected chi connectivity index (χ4v) is 0.549. The summed E-state index contributed by atoms with van der Waals surface area (Å²) in [4.78, 5) is 22.1. The summed E-state index contributed by atoms with van der Waals surface area (Å²) in [5, 5.41) is 18.2. The van der Waals surface area contributed by atoms with Gasteiger partial charge in [0.05, 0.1) is 0 Å². The number of ether oxygens (including phenoxy) is 2. The highest BCUT2D eigenvalue weighted by atomic mass is 16.8. The monoisotopic (exact) mass is 230 g/mol. The van der Waals surface area contributed by atoms with Crippen LogP contribution in [0.3, 0.4) is 0 Å². The number of aliphatic hydroxyl groups is 2. The molecule has 6 heteroatoms. The normalized spacial score (nSPS) is 10.5.